The summed E-state index contributed by atoms with van der Waals surface area (Å²) >= 11 is 0. The molecule has 0 saturated heterocycles. The molecule has 0 aliphatic heterocycles. The zero-order valence-electron chi connectivity index (χ0n) is 10.5. The molecule has 0 heterocycles. The van der Waals surface area contributed by atoms with E-state index >= 15 is 0 Å². The summed E-state index contributed by atoms with van der Waals surface area (Å²) in [5.74, 6) is 1.42. The van der Waals surface area contributed by atoms with E-state index in [2.05, 4.69) is 23.9 Å². The topological polar surface area (TPSA) is 58.2 Å². The van der Waals surface area contributed by atoms with Crippen molar-refractivity contribution in [2.75, 3.05) is 19.3 Å². The lowest BCUT2D eigenvalue weighted by Crippen LogP contribution is -2.42. The van der Waals surface area contributed by atoms with Crippen molar-refractivity contribution in [2.24, 2.45) is 11.8 Å². The first-order chi connectivity index (χ1) is 7.43. The zero-order valence-corrected chi connectivity index (χ0v) is 11.3. The van der Waals surface area contributed by atoms with Crippen LogP contribution in [0.5, 0.6) is 0 Å². The molecule has 1 aliphatic rings. The third-order valence-electron chi connectivity index (χ3n) is 3.15. The Morgan fingerprint density at radius 2 is 1.69 bits per heavy atom. The summed E-state index contributed by atoms with van der Waals surface area (Å²) in [6.45, 7) is 4.91. The second-order valence-electron chi connectivity index (χ2n) is 5.15. The van der Waals surface area contributed by atoms with E-state index in [-0.39, 0.29) is 11.8 Å². The van der Waals surface area contributed by atoms with Crippen LogP contribution >= 0.6 is 0 Å². The van der Waals surface area contributed by atoms with Crippen LogP contribution in [-0.2, 0) is 10.0 Å². The van der Waals surface area contributed by atoms with E-state index in [1.54, 1.807) is 7.05 Å². The van der Waals surface area contributed by atoms with Crippen LogP contribution in [0.15, 0.2) is 0 Å². The Morgan fingerprint density at radius 1 is 1.12 bits per heavy atom. The molecule has 0 spiro atoms. The summed E-state index contributed by atoms with van der Waals surface area (Å²) < 4.78 is 26.3. The minimum Gasteiger partial charge on any atom is -0.319 e. The standard InChI is InChI=1S/C11H24N2O2S/c1-9-6-10(2)8-11(7-9)13-16(14,15)5-4-12-3/h9-13H,4-8H2,1-3H3. The van der Waals surface area contributed by atoms with Crippen LogP contribution in [0.3, 0.4) is 0 Å². The van der Waals surface area contributed by atoms with Gasteiger partial charge in [-0.1, -0.05) is 13.8 Å². The molecule has 0 radical (unpaired) electrons. The molecule has 16 heavy (non-hydrogen) atoms. The highest BCUT2D eigenvalue weighted by molar-refractivity contribution is 7.89. The summed E-state index contributed by atoms with van der Waals surface area (Å²) in [6, 6.07) is 0.139. The van der Waals surface area contributed by atoms with Gasteiger partial charge in [-0.2, -0.15) is 0 Å². The normalized spacial score (nSPS) is 31.6. The highest BCUT2D eigenvalue weighted by Gasteiger charge is 2.26. The Labute approximate surface area is 99.2 Å². The number of hydrogen-bond donors (Lipinski definition) is 2. The summed E-state index contributed by atoms with van der Waals surface area (Å²) in [5.41, 5.74) is 0. The molecule has 1 saturated carbocycles. The fourth-order valence-electron chi connectivity index (χ4n) is 2.59. The average molecular weight is 248 g/mol. The highest BCUT2D eigenvalue weighted by Crippen LogP contribution is 2.28. The Hall–Kier alpha value is -0.130. The zero-order chi connectivity index (χ0) is 12.2. The number of hydrogen-bond acceptors (Lipinski definition) is 3. The van der Waals surface area contributed by atoms with Crippen LogP contribution in [0.1, 0.15) is 33.1 Å². The first-order valence-corrected chi connectivity index (χ1v) is 7.72. The Kier molecular flexibility index (Phi) is 5.21. The van der Waals surface area contributed by atoms with Gasteiger partial charge in [0.25, 0.3) is 0 Å². The van der Waals surface area contributed by atoms with Gasteiger partial charge in [-0.15, -0.1) is 0 Å². The minimum absolute atomic E-state index is 0.139. The van der Waals surface area contributed by atoms with Gasteiger partial charge in [0.2, 0.25) is 10.0 Å². The van der Waals surface area contributed by atoms with Crippen molar-refractivity contribution in [1.29, 1.82) is 0 Å². The molecule has 2 unspecified atom stereocenters. The van der Waals surface area contributed by atoms with Crippen LogP contribution in [-0.4, -0.2) is 33.8 Å². The molecular weight excluding hydrogens is 224 g/mol. The maximum Gasteiger partial charge on any atom is 0.213 e. The van der Waals surface area contributed by atoms with Gasteiger partial charge in [-0.3, -0.25) is 0 Å². The predicted octanol–water partition coefficient (Wildman–Crippen LogP) is 0.950. The molecule has 0 amide bonds. The summed E-state index contributed by atoms with van der Waals surface area (Å²) in [7, 11) is -1.34. The Bertz CT molecular complexity index is 293. The van der Waals surface area contributed by atoms with Crippen molar-refractivity contribution >= 4 is 10.0 Å². The van der Waals surface area contributed by atoms with Gasteiger partial charge in [0.1, 0.15) is 0 Å². The first kappa shape index (κ1) is 13.9. The lowest BCUT2D eigenvalue weighted by Gasteiger charge is -2.31. The van der Waals surface area contributed by atoms with Gasteiger partial charge in [0, 0.05) is 12.6 Å². The molecule has 0 aromatic heterocycles. The van der Waals surface area contributed by atoms with Gasteiger partial charge in [-0.05, 0) is 38.1 Å². The molecule has 2 atom stereocenters. The molecule has 4 nitrogen and oxygen atoms in total. The molecule has 0 aromatic rings. The molecule has 5 heteroatoms. The fourth-order valence-corrected chi connectivity index (χ4v) is 3.88. The molecule has 0 aromatic carbocycles. The Morgan fingerprint density at radius 3 is 2.19 bits per heavy atom. The second kappa shape index (κ2) is 5.98. The molecule has 1 rings (SSSR count). The SMILES string of the molecule is CNCCS(=O)(=O)NC1CC(C)CC(C)C1. The van der Waals surface area contributed by atoms with Crippen molar-refractivity contribution in [2.45, 2.75) is 39.2 Å². The van der Waals surface area contributed by atoms with Crippen molar-refractivity contribution in [3.05, 3.63) is 0 Å². The largest absolute Gasteiger partial charge is 0.319 e. The first-order valence-electron chi connectivity index (χ1n) is 6.07. The van der Waals surface area contributed by atoms with Crippen molar-refractivity contribution in [1.82, 2.24) is 10.0 Å². The highest BCUT2D eigenvalue weighted by atomic mass is 32.2. The summed E-state index contributed by atoms with van der Waals surface area (Å²) in [6.07, 6.45) is 3.17. The van der Waals surface area contributed by atoms with E-state index in [0.717, 1.165) is 12.8 Å². The maximum absolute atomic E-state index is 11.7. The number of rotatable bonds is 5. The van der Waals surface area contributed by atoms with E-state index in [1.807, 2.05) is 0 Å². The number of sulfonamides is 1. The monoisotopic (exact) mass is 248 g/mol. The third-order valence-corrected chi connectivity index (χ3v) is 4.58. The molecule has 1 fully saturated rings. The molecule has 0 bridgehead atoms. The molecule has 1 aliphatic carbocycles. The van der Waals surface area contributed by atoms with Crippen LogP contribution in [0.25, 0.3) is 0 Å². The summed E-state index contributed by atoms with van der Waals surface area (Å²) in [4.78, 5) is 0. The lowest BCUT2D eigenvalue weighted by molar-refractivity contribution is 0.257. The van der Waals surface area contributed by atoms with Crippen molar-refractivity contribution in [3.63, 3.8) is 0 Å². The van der Waals surface area contributed by atoms with Gasteiger partial charge in [0.05, 0.1) is 5.75 Å². The van der Waals surface area contributed by atoms with Crippen LogP contribution in [0.2, 0.25) is 0 Å². The predicted molar refractivity (Wildman–Crippen MR) is 66.8 cm³/mol. The summed E-state index contributed by atoms with van der Waals surface area (Å²) in [5, 5.41) is 2.86. The van der Waals surface area contributed by atoms with Gasteiger partial charge >= 0.3 is 0 Å². The van der Waals surface area contributed by atoms with Gasteiger partial charge in [-0.25, -0.2) is 13.1 Å². The van der Waals surface area contributed by atoms with Crippen molar-refractivity contribution in [3.8, 4) is 0 Å². The van der Waals surface area contributed by atoms with Gasteiger partial charge in [0.15, 0.2) is 0 Å². The molecular formula is C11H24N2O2S. The third kappa shape index (κ3) is 4.80. The molecule has 96 valence electrons. The van der Waals surface area contributed by atoms with E-state index in [0.29, 0.717) is 18.4 Å². The van der Waals surface area contributed by atoms with E-state index in [9.17, 15) is 8.42 Å². The average Bonchev–Trinajstić information content (AvgIpc) is 2.12. The van der Waals surface area contributed by atoms with E-state index < -0.39 is 10.0 Å². The van der Waals surface area contributed by atoms with Crippen LogP contribution in [0.4, 0.5) is 0 Å². The van der Waals surface area contributed by atoms with Crippen LogP contribution in [0, 0.1) is 11.8 Å². The number of nitrogens with one attached hydrogen (secondary N) is 2. The minimum atomic E-state index is -3.10. The smallest absolute Gasteiger partial charge is 0.213 e. The maximum atomic E-state index is 11.7. The van der Waals surface area contributed by atoms with E-state index in [1.165, 1.54) is 6.42 Å². The van der Waals surface area contributed by atoms with Crippen LogP contribution < -0.4 is 10.0 Å². The van der Waals surface area contributed by atoms with E-state index in [4.69, 9.17) is 0 Å². The second-order valence-corrected chi connectivity index (χ2v) is 7.03. The quantitative estimate of drug-likeness (QED) is 0.761. The molecule has 2 N–H and O–H groups in total. The van der Waals surface area contributed by atoms with Gasteiger partial charge < -0.3 is 5.32 Å². The fraction of sp³-hybridized carbons (Fsp3) is 1.00. The Balaban J connectivity index is 2.46. The van der Waals surface area contributed by atoms with Crippen molar-refractivity contribution < 1.29 is 8.42 Å². The lowest BCUT2D eigenvalue weighted by atomic mass is 9.81.